The molecule has 0 aromatic heterocycles. The average molecular weight is 280 g/mol. The van der Waals surface area contributed by atoms with Gasteiger partial charge in [-0.25, -0.2) is 0 Å². The van der Waals surface area contributed by atoms with Gasteiger partial charge in [0.25, 0.3) is 5.24 Å². The van der Waals surface area contributed by atoms with E-state index in [0.717, 1.165) is 19.4 Å². The molecule has 2 amide bonds. The Kier molecular flexibility index (Phi) is 5.55. The fourth-order valence-electron chi connectivity index (χ4n) is 2.05. The topological polar surface area (TPSA) is 70.2 Å². The minimum atomic E-state index is -0.355. The Morgan fingerprint density at radius 2 is 2.29 bits per heavy atom. The Hall–Kier alpha value is -0.460. The van der Waals surface area contributed by atoms with Gasteiger partial charge in [-0.3, -0.25) is 9.59 Å². The first-order valence-corrected chi connectivity index (χ1v) is 6.62. The molecule has 7 heteroatoms. The molecule has 0 aromatic carbocycles. The van der Waals surface area contributed by atoms with Crippen LogP contribution in [0, 0.1) is 0 Å². The third-order valence-corrected chi connectivity index (χ3v) is 3.96. The number of thioether (sulfide) groups is 1. The zero-order chi connectivity index (χ0) is 11.5. The van der Waals surface area contributed by atoms with Crippen LogP contribution in [0.1, 0.15) is 19.8 Å². The van der Waals surface area contributed by atoms with Gasteiger partial charge in [-0.05, 0) is 26.3 Å². The smallest absolute Gasteiger partial charge is 0.279 e. The highest BCUT2D eigenvalue weighted by atomic mass is 35.5. The summed E-state index contributed by atoms with van der Waals surface area (Å²) >= 11 is 1.17. The molecule has 2 saturated heterocycles. The minimum Gasteiger partial charge on any atom is -0.350 e. The number of piperidine rings is 1. The monoisotopic (exact) mass is 279 g/mol. The highest BCUT2D eigenvalue weighted by molar-refractivity contribution is 8.14. The van der Waals surface area contributed by atoms with Crippen LogP contribution in [0.4, 0.5) is 4.79 Å². The van der Waals surface area contributed by atoms with Crippen LogP contribution >= 0.6 is 24.2 Å². The van der Waals surface area contributed by atoms with Crippen molar-refractivity contribution in [2.75, 3.05) is 12.3 Å². The van der Waals surface area contributed by atoms with Crippen molar-refractivity contribution in [2.45, 2.75) is 37.9 Å². The van der Waals surface area contributed by atoms with Gasteiger partial charge in [0, 0.05) is 17.8 Å². The summed E-state index contributed by atoms with van der Waals surface area (Å²) in [6, 6.07) is 0.137. The maximum Gasteiger partial charge on any atom is 0.279 e. The molecule has 2 aliphatic heterocycles. The second-order valence-electron chi connectivity index (χ2n) is 4.30. The zero-order valence-corrected chi connectivity index (χ0v) is 11.3. The molecule has 0 radical (unpaired) electrons. The number of nitrogens with one attached hydrogen (secondary N) is 3. The normalized spacial score (nSPS) is 32.5. The van der Waals surface area contributed by atoms with Crippen molar-refractivity contribution in [1.29, 1.82) is 0 Å². The van der Waals surface area contributed by atoms with Crippen LogP contribution in [0.5, 0.6) is 0 Å². The van der Waals surface area contributed by atoms with Gasteiger partial charge in [0.15, 0.2) is 0 Å². The van der Waals surface area contributed by atoms with Crippen molar-refractivity contribution >= 4 is 35.3 Å². The van der Waals surface area contributed by atoms with Crippen LogP contribution in [0.15, 0.2) is 0 Å². The van der Waals surface area contributed by atoms with E-state index in [0.29, 0.717) is 11.8 Å². The quantitative estimate of drug-likeness (QED) is 0.688. The summed E-state index contributed by atoms with van der Waals surface area (Å²) in [7, 11) is 0. The molecular weight excluding hydrogens is 262 g/mol. The molecule has 98 valence electrons. The third-order valence-electron chi connectivity index (χ3n) is 3.08. The molecule has 0 aromatic rings. The first kappa shape index (κ1) is 14.6. The van der Waals surface area contributed by atoms with Gasteiger partial charge in [-0.2, -0.15) is 0 Å². The van der Waals surface area contributed by atoms with E-state index in [9.17, 15) is 9.59 Å². The number of amides is 2. The molecule has 2 rings (SSSR count). The molecule has 17 heavy (non-hydrogen) atoms. The summed E-state index contributed by atoms with van der Waals surface area (Å²) in [5.41, 5.74) is 0. The fourth-order valence-corrected chi connectivity index (χ4v) is 2.83. The predicted octanol–water partition coefficient (Wildman–Crippen LogP) is 0.490. The van der Waals surface area contributed by atoms with E-state index in [-0.39, 0.29) is 35.6 Å². The largest absolute Gasteiger partial charge is 0.350 e. The molecule has 0 spiro atoms. The van der Waals surface area contributed by atoms with Crippen molar-refractivity contribution in [1.82, 2.24) is 16.0 Å². The maximum atomic E-state index is 11.8. The van der Waals surface area contributed by atoms with Crippen LogP contribution in [0.25, 0.3) is 0 Å². The van der Waals surface area contributed by atoms with Crippen LogP contribution in [-0.4, -0.2) is 41.6 Å². The van der Waals surface area contributed by atoms with Gasteiger partial charge < -0.3 is 16.0 Å². The minimum absolute atomic E-state index is 0. The van der Waals surface area contributed by atoms with E-state index in [1.807, 2.05) is 0 Å². The Morgan fingerprint density at radius 1 is 1.53 bits per heavy atom. The number of hydrogen-bond donors (Lipinski definition) is 3. The van der Waals surface area contributed by atoms with Gasteiger partial charge >= 0.3 is 0 Å². The maximum absolute atomic E-state index is 11.8. The second-order valence-corrected chi connectivity index (χ2v) is 5.29. The van der Waals surface area contributed by atoms with Gasteiger partial charge in [0.05, 0.1) is 0 Å². The Balaban J connectivity index is 0.00000144. The lowest BCUT2D eigenvalue weighted by Gasteiger charge is -2.31. The number of carbonyl (C=O) groups is 2. The van der Waals surface area contributed by atoms with Crippen molar-refractivity contribution in [3.05, 3.63) is 0 Å². The summed E-state index contributed by atoms with van der Waals surface area (Å²) in [6.45, 7) is 3.09. The van der Waals surface area contributed by atoms with Crippen molar-refractivity contribution < 1.29 is 9.59 Å². The van der Waals surface area contributed by atoms with E-state index in [1.54, 1.807) is 0 Å². The van der Waals surface area contributed by atoms with Gasteiger partial charge in [0.2, 0.25) is 5.91 Å². The highest BCUT2D eigenvalue weighted by Crippen LogP contribution is 2.14. The Bertz CT molecular complexity index is 303. The molecule has 0 bridgehead atoms. The predicted molar refractivity (Wildman–Crippen MR) is 70.7 cm³/mol. The Labute approximate surface area is 111 Å². The standard InChI is InChI=1S/C10H17N3O2S.ClH/c1-6-7(3-2-4-11-6)12-9(14)8-5-16-10(15)13-8;/h6-8,11H,2-5H2,1H3,(H,12,14)(H,13,15);1H/t6?,7?,8-;/m0./s1. The molecule has 0 saturated carbocycles. The van der Waals surface area contributed by atoms with Crippen molar-refractivity contribution in [3.8, 4) is 0 Å². The molecule has 2 heterocycles. The van der Waals surface area contributed by atoms with Gasteiger partial charge in [0.1, 0.15) is 6.04 Å². The first-order chi connectivity index (χ1) is 7.66. The lowest BCUT2D eigenvalue weighted by atomic mass is 9.99. The first-order valence-electron chi connectivity index (χ1n) is 5.64. The van der Waals surface area contributed by atoms with Crippen molar-refractivity contribution in [3.63, 3.8) is 0 Å². The van der Waals surface area contributed by atoms with E-state index >= 15 is 0 Å². The number of carbonyl (C=O) groups excluding carboxylic acids is 2. The van der Waals surface area contributed by atoms with E-state index in [1.165, 1.54) is 11.8 Å². The fraction of sp³-hybridized carbons (Fsp3) is 0.800. The second kappa shape index (κ2) is 6.47. The zero-order valence-electron chi connectivity index (χ0n) is 9.69. The summed E-state index contributed by atoms with van der Waals surface area (Å²) in [4.78, 5) is 22.8. The van der Waals surface area contributed by atoms with Gasteiger partial charge in [-0.15, -0.1) is 12.4 Å². The molecule has 3 N–H and O–H groups in total. The SMILES string of the molecule is CC1NCCCC1NC(=O)[C@@H]1CSC(=O)N1.Cl. The molecule has 3 atom stereocenters. The summed E-state index contributed by atoms with van der Waals surface area (Å²) < 4.78 is 0. The van der Waals surface area contributed by atoms with Gasteiger partial charge in [-0.1, -0.05) is 11.8 Å². The number of halogens is 1. The average Bonchev–Trinajstić information content (AvgIpc) is 2.68. The number of hydrogen-bond acceptors (Lipinski definition) is 4. The van der Waals surface area contributed by atoms with E-state index < -0.39 is 0 Å². The highest BCUT2D eigenvalue weighted by Gasteiger charge is 2.31. The van der Waals surface area contributed by atoms with Crippen LogP contribution < -0.4 is 16.0 Å². The molecular formula is C10H18ClN3O2S. The van der Waals surface area contributed by atoms with Crippen LogP contribution in [0.3, 0.4) is 0 Å². The molecule has 2 fully saturated rings. The number of rotatable bonds is 2. The molecule has 2 unspecified atom stereocenters. The van der Waals surface area contributed by atoms with E-state index in [2.05, 4.69) is 22.9 Å². The lowest BCUT2D eigenvalue weighted by Crippen LogP contribution is -2.55. The molecule has 2 aliphatic rings. The van der Waals surface area contributed by atoms with Crippen molar-refractivity contribution in [2.24, 2.45) is 0 Å². The van der Waals surface area contributed by atoms with Crippen LogP contribution in [0.2, 0.25) is 0 Å². The summed E-state index contributed by atoms with van der Waals surface area (Å²) in [5.74, 6) is 0.484. The van der Waals surface area contributed by atoms with Crippen LogP contribution in [-0.2, 0) is 4.79 Å². The third kappa shape index (κ3) is 3.76. The Morgan fingerprint density at radius 3 is 2.88 bits per heavy atom. The molecule has 5 nitrogen and oxygen atoms in total. The van der Waals surface area contributed by atoms with E-state index in [4.69, 9.17) is 0 Å². The summed E-state index contributed by atoms with van der Waals surface area (Å²) in [5, 5.41) is 8.88. The summed E-state index contributed by atoms with van der Waals surface area (Å²) in [6.07, 6.45) is 2.09. The molecule has 0 aliphatic carbocycles. The lowest BCUT2D eigenvalue weighted by molar-refractivity contribution is -0.123.